The van der Waals surface area contributed by atoms with E-state index in [0.717, 1.165) is 0 Å². The van der Waals surface area contributed by atoms with Gasteiger partial charge in [-0.1, -0.05) is 0 Å². The zero-order valence-corrected chi connectivity index (χ0v) is 1.89. The van der Waals surface area contributed by atoms with Crippen LogP contribution in [-0.4, -0.2) is 5.48 Å². The lowest BCUT2D eigenvalue weighted by atomic mass is 12.0. The van der Waals surface area contributed by atoms with Crippen molar-refractivity contribution in [2.45, 2.75) is 0 Å². The van der Waals surface area contributed by atoms with Crippen LogP contribution in [0.5, 0.6) is 0 Å². The monoisotopic (exact) mass is 55.0 g/mol. The number of hydrogen-bond acceptors (Lipinski definition) is 0. The summed E-state index contributed by atoms with van der Waals surface area (Å²) in [6, 6.07) is 0. The second kappa shape index (κ2) is 1680. The van der Waals surface area contributed by atoms with E-state index in [-0.39, 0.29) is 26.5 Å². The molecule has 2 heteroatoms. The summed E-state index contributed by atoms with van der Waals surface area (Å²) in [5.41, 5.74) is 0. The fourth-order valence-electron chi connectivity index (χ4n) is 0. The molecule has 0 saturated carbocycles. The number of nitrogens with zero attached hydrogens (tertiary/aromatic N) is 1. The van der Waals surface area contributed by atoms with Gasteiger partial charge in [-0.15, -0.1) is 0 Å². The molecule has 0 saturated heterocycles. The summed E-state index contributed by atoms with van der Waals surface area (Å²) in [7, 11) is 0. The lowest BCUT2D eigenvalue weighted by molar-refractivity contribution is 0.824. The van der Waals surface area contributed by atoms with Crippen LogP contribution in [0.3, 0.4) is 0 Å². The molecule has 20 valence electrons. The summed E-state index contributed by atoms with van der Waals surface area (Å²) in [5, 5.41) is 0. The first-order chi connectivity index (χ1) is 0. The summed E-state index contributed by atoms with van der Waals surface area (Å²) in [4.78, 5) is 0. The molecule has 0 aliphatic carbocycles. The molecule has 2 nitrogen and oxygen atoms in total. The average molecular weight is 55.0 g/mol. The standard InChI is InChI=1S/2C.N.HO/h;;;1H. The molecule has 0 fully saturated rings. The Labute approximate surface area is 27.7 Å². The minimum absolute atomic E-state index is 0. The Morgan fingerprint density at radius 2 is 0.750 bits per heavy atom. The fraction of sp³-hybridized carbons (Fsp3) is 0. The molecule has 0 aromatic heterocycles. The minimum Gasteiger partial charge on any atom is -0.255 e. The zero-order valence-electron chi connectivity index (χ0n) is 1.89. The SMILES string of the molecule is [C].[C].[N].[OH]. The molecule has 0 bridgehead atoms. The Hall–Kier alpha value is -0.0800. The van der Waals surface area contributed by atoms with Crippen LogP contribution in [0, 0.1) is 14.9 Å². The van der Waals surface area contributed by atoms with E-state index in [2.05, 4.69) is 0 Å². The molecule has 0 aliphatic rings. The number of rotatable bonds is 0. The Morgan fingerprint density at radius 3 is 0.750 bits per heavy atom. The van der Waals surface area contributed by atoms with Crippen molar-refractivity contribution >= 4 is 0 Å². The van der Waals surface area contributed by atoms with Crippen LogP contribution in [0.1, 0.15) is 0 Å². The van der Waals surface area contributed by atoms with Crippen LogP contribution in [0.25, 0.3) is 0 Å². The maximum Gasteiger partial charge on any atom is 0 e. The van der Waals surface area contributed by atoms with Gasteiger partial charge in [0.25, 0.3) is 0 Å². The molecule has 0 rings (SSSR count). The first kappa shape index (κ1) is 5220. The molecule has 0 spiro atoms. The third-order valence-corrected chi connectivity index (χ3v) is 0. The maximum absolute atomic E-state index is 0. The number of hydrogen-bond donors (Lipinski definition) is 1. The Bertz CT molecular complexity index is 6.00. The Kier molecular flexibility index (Phi) is 2200000. The Morgan fingerprint density at radius 1 is 0.750 bits per heavy atom. The molecule has 12 radical (unpaired) electrons. The molecule has 0 heterocycles. The summed E-state index contributed by atoms with van der Waals surface area (Å²) < 4.78 is 0. The fourth-order valence-corrected chi connectivity index (χ4v) is 0. The third-order valence-electron chi connectivity index (χ3n) is 0. The van der Waals surface area contributed by atoms with Gasteiger partial charge in [0, 0.05) is 21.0 Å². The summed E-state index contributed by atoms with van der Waals surface area (Å²) in [5.74, 6) is 0. The van der Waals surface area contributed by atoms with Crippen molar-refractivity contribution in [2.75, 3.05) is 0 Å². The summed E-state index contributed by atoms with van der Waals surface area (Å²) in [6.07, 6.45) is 0. The Balaban J connectivity index is 0. The molecule has 4 heavy (non-hydrogen) atoms. The van der Waals surface area contributed by atoms with Crippen LogP contribution in [0.15, 0.2) is 0 Å². The van der Waals surface area contributed by atoms with Gasteiger partial charge in [-0.2, -0.15) is 0 Å². The molecule has 0 unspecified atom stereocenters. The van der Waals surface area contributed by atoms with Crippen LogP contribution < -0.4 is 6.15 Å². The van der Waals surface area contributed by atoms with Crippen molar-refractivity contribution in [3.63, 3.8) is 0 Å². The predicted molar refractivity (Wildman–Crippen MR) is 10.6 cm³/mol. The largest absolute Gasteiger partial charge is 0.255 e. The van der Waals surface area contributed by atoms with E-state index in [0.29, 0.717) is 0 Å². The van der Waals surface area contributed by atoms with E-state index in [4.69, 9.17) is 0 Å². The highest BCUT2D eigenvalue weighted by atomic mass is 16.0. The smallest absolute Gasteiger partial charge is 0 e. The van der Waals surface area contributed by atoms with Gasteiger partial charge < -0.3 is 0 Å². The van der Waals surface area contributed by atoms with Crippen LogP contribution in [-0.2, 0) is 0 Å². The minimum atomic E-state index is 0. The highest BCUT2D eigenvalue weighted by Gasteiger charge is 0.00201. The van der Waals surface area contributed by atoms with Crippen molar-refractivity contribution in [1.82, 2.24) is 6.15 Å². The molecule has 1 N–H and O–H groups in total. The average Bonchev–Trinajstić information content (AvgIpc) is 0. The summed E-state index contributed by atoms with van der Waals surface area (Å²) in [6.45, 7) is 0. The van der Waals surface area contributed by atoms with Crippen LogP contribution in [0.4, 0.5) is 0 Å². The van der Waals surface area contributed by atoms with E-state index >= 15 is 0 Å². The molecule has 0 aliphatic heterocycles. The topological polar surface area (TPSA) is 60.5 Å². The molecule has 0 atom stereocenters. The lowest BCUT2D eigenvalue weighted by Gasteiger charge is -0.255. The normalized spacial score (nSPS) is 0. The van der Waals surface area contributed by atoms with Crippen molar-refractivity contribution in [2.24, 2.45) is 0 Å². The van der Waals surface area contributed by atoms with Gasteiger partial charge in [-0.25, -0.2) is 0 Å². The van der Waals surface area contributed by atoms with Crippen molar-refractivity contribution in [3.05, 3.63) is 14.9 Å². The molecule has 0 aromatic rings. The van der Waals surface area contributed by atoms with E-state index < -0.39 is 0 Å². The maximum atomic E-state index is 0. The highest BCUT2D eigenvalue weighted by Crippen LogP contribution is 0.0823. The van der Waals surface area contributed by atoms with Gasteiger partial charge in [0.15, 0.2) is 0 Å². The third kappa shape index (κ3) is 254. The van der Waals surface area contributed by atoms with Gasteiger partial charge in [-0.3, -0.25) is 5.48 Å². The van der Waals surface area contributed by atoms with Crippen molar-refractivity contribution < 1.29 is 5.48 Å². The second-order valence-electron chi connectivity index (χ2n) is 0. The first-order valence-electron chi connectivity index (χ1n) is 0. The van der Waals surface area contributed by atoms with Crippen LogP contribution in [0.2, 0.25) is 0 Å². The van der Waals surface area contributed by atoms with Crippen molar-refractivity contribution in [1.29, 1.82) is 0 Å². The zero-order chi connectivity index (χ0) is 0. The lowest BCUT2D eigenvalue weighted by Crippen LogP contribution is -0.481. The predicted octanol–water partition coefficient (Wildman–Crippen LogP) is -0.495. The highest BCUT2D eigenvalue weighted by molar-refractivity contribution is 3.24. The van der Waals surface area contributed by atoms with E-state index in [1.54, 1.807) is 0 Å². The molecular weight excluding hydrogens is 54.0 g/mol. The van der Waals surface area contributed by atoms with Gasteiger partial charge in [0.05, 0.1) is 0 Å². The molecular formula is C2HNO. The van der Waals surface area contributed by atoms with E-state index in [9.17, 15) is 0 Å². The van der Waals surface area contributed by atoms with Gasteiger partial charge in [0.1, 0.15) is 0 Å². The molecule has 0 amide bonds. The van der Waals surface area contributed by atoms with E-state index in [1.807, 2.05) is 0 Å². The first-order valence-corrected chi connectivity index (χ1v) is 0. The molecule has 0 aromatic carbocycles. The van der Waals surface area contributed by atoms with Crippen LogP contribution >= 0.6 is 0 Å². The van der Waals surface area contributed by atoms with Gasteiger partial charge in [0.2, 0.25) is 0 Å². The van der Waals surface area contributed by atoms with Gasteiger partial charge in [-0.05, 0) is 0 Å². The second-order valence-corrected chi connectivity index (χ2v) is 0. The van der Waals surface area contributed by atoms with E-state index in [1.165, 1.54) is 0 Å². The van der Waals surface area contributed by atoms with Gasteiger partial charge >= 0.3 is 0 Å². The summed E-state index contributed by atoms with van der Waals surface area (Å²) >= 11 is 0. The quantitative estimate of drug-likeness (QED) is 0.388. The van der Waals surface area contributed by atoms with Crippen molar-refractivity contribution in [3.8, 4) is 0 Å².